The van der Waals surface area contributed by atoms with Crippen molar-refractivity contribution in [3.05, 3.63) is 35.9 Å². The summed E-state index contributed by atoms with van der Waals surface area (Å²) in [6.45, 7) is 3.81. The Balaban J connectivity index is 2.10. The molecule has 0 bridgehead atoms. The van der Waals surface area contributed by atoms with Gasteiger partial charge in [0.25, 0.3) is 0 Å². The Labute approximate surface area is 162 Å². The Morgan fingerprint density at radius 1 is 1.00 bits per heavy atom. The van der Waals surface area contributed by atoms with Crippen LogP contribution in [-0.4, -0.2) is 55.1 Å². The van der Waals surface area contributed by atoms with Crippen molar-refractivity contribution < 1.29 is 38.2 Å². The first-order chi connectivity index (χ1) is 13.4. The van der Waals surface area contributed by atoms with Crippen LogP contribution in [0.1, 0.15) is 26.3 Å². The maximum Gasteiger partial charge on any atom is 0.303 e. The number of rotatable bonds is 7. The van der Waals surface area contributed by atoms with Crippen LogP contribution in [-0.2, 0) is 44.8 Å². The molecule has 152 valence electrons. The van der Waals surface area contributed by atoms with Gasteiger partial charge in [-0.1, -0.05) is 35.5 Å². The van der Waals surface area contributed by atoms with E-state index in [0.717, 1.165) is 5.56 Å². The fourth-order valence-electron chi connectivity index (χ4n) is 2.69. The minimum Gasteiger partial charge on any atom is -0.456 e. The van der Waals surface area contributed by atoms with E-state index in [1.165, 1.54) is 27.0 Å². The lowest BCUT2D eigenvalue weighted by Crippen LogP contribution is -2.57. The number of oxime groups is 1. The van der Waals surface area contributed by atoms with Crippen molar-refractivity contribution in [1.29, 1.82) is 0 Å². The van der Waals surface area contributed by atoms with Gasteiger partial charge in [-0.25, -0.2) is 0 Å². The van der Waals surface area contributed by atoms with Crippen molar-refractivity contribution in [2.24, 2.45) is 5.16 Å². The molecule has 2 rings (SSSR count). The molecular formula is C19H23NO8. The van der Waals surface area contributed by atoms with E-state index in [4.69, 9.17) is 23.8 Å². The number of nitrogens with zero attached hydrogens (tertiary/aromatic N) is 1. The number of hydrogen-bond donors (Lipinski definition) is 0. The molecule has 0 radical (unpaired) electrons. The van der Waals surface area contributed by atoms with Crippen LogP contribution >= 0.6 is 0 Å². The Morgan fingerprint density at radius 2 is 1.61 bits per heavy atom. The van der Waals surface area contributed by atoms with Gasteiger partial charge in [0.2, 0.25) is 0 Å². The van der Waals surface area contributed by atoms with Gasteiger partial charge < -0.3 is 23.8 Å². The predicted molar refractivity (Wildman–Crippen MR) is 96.1 cm³/mol. The molecule has 0 N–H and O–H groups in total. The highest BCUT2D eigenvalue weighted by Crippen LogP contribution is 2.24. The molecule has 4 atom stereocenters. The molecule has 0 aromatic heterocycles. The predicted octanol–water partition coefficient (Wildman–Crippen LogP) is 1.38. The van der Waals surface area contributed by atoms with Crippen LogP contribution in [0.15, 0.2) is 35.5 Å². The Hall–Kier alpha value is -2.94. The van der Waals surface area contributed by atoms with Gasteiger partial charge >= 0.3 is 17.9 Å². The highest BCUT2D eigenvalue weighted by atomic mass is 16.6. The van der Waals surface area contributed by atoms with Crippen LogP contribution in [0.4, 0.5) is 0 Å². The average molecular weight is 393 g/mol. The quantitative estimate of drug-likeness (QED) is 0.296. The number of hydrogen-bond acceptors (Lipinski definition) is 9. The van der Waals surface area contributed by atoms with Crippen molar-refractivity contribution in [3.63, 3.8) is 0 Å². The fourth-order valence-corrected chi connectivity index (χ4v) is 2.69. The summed E-state index contributed by atoms with van der Waals surface area (Å²) in [6, 6.07) is 9.41. The van der Waals surface area contributed by atoms with Crippen molar-refractivity contribution in [2.75, 3.05) is 6.61 Å². The smallest absolute Gasteiger partial charge is 0.303 e. The summed E-state index contributed by atoms with van der Waals surface area (Å²) in [4.78, 5) is 39.6. The van der Waals surface area contributed by atoms with Crippen LogP contribution in [0.25, 0.3) is 0 Å². The molecule has 0 aliphatic carbocycles. The molecule has 1 aromatic rings. The average Bonchev–Trinajstić information content (AvgIpc) is 2.62. The standard InChI is InChI=1S/C19H23NO8/c1-12(21)26-17-11-24-16(9-20-25-10-15-7-5-4-6-8-15)18(27-13(2)22)19(17)28-14(3)23/h4-9,16-19H,10-11H2,1-3H3/b20-9+/t16-,17-,18-,19-/m1/s1. The highest BCUT2D eigenvalue weighted by molar-refractivity contribution is 5.70. The van der Waals surface area contributed by atoms with Gasteiger partial charge in [0.15, 0.2) is 18.3 Å². The first-order valence-corrected chi connectivity index (χ1v) is 8.69. The second-order valence-electron chi connectivity index (χ2n) is 6.11. The topological polar surface area (TPSA) is 110 Å². The van der Waals surface area contributed by atoms with Crippen LogP contribution in [0, 0.1) is 0 Å². The van der Waals surface area contributed by atoms with Gasteiger partial charge in [0.05, 0.1) is 12.8 Å². The Morgan fingerprint density at radius 3 is 2.21 bits per heavy atom. The Bertz CT molecular complexity index is 705. The molecule has 0 spiro atoms. The van der Waals surface area contributed by atoms with Crippen molar-refractivity contribution >= 4 is 24.1 Å². The molecule has 1 saturated heterocycles. The van der Waals surface area contributed by atoms with Gasteiger partial charge in [0.1, 0.15) is 12.7 Å². The summed E-state index contributed by atoms with van der Waals surface area (Å²) < 4.78 is 21.2. The van der Waals surface area contributed by atoms with Crippen molar-refractivity contribution in [3.8, 4) is 0 Å². The van der Waals surface area contributed by atoms with E-state index < -0.39 is 42.3 Å². The molecule has 1 aromatic carbocycles. The minimum absolute atomic E-state index is 0.0648. The van der Waals surface area contributed by atoms with E-state index in [-0.39, 0.29) is 13.2 Å². The Kier molecular flexibility index (Phi) is 7.94. The second-order valence-corrected chi connectivity index (χ2v) is 6.11. The van der Waals surface area contributed by atoms with Crippen LogP contribution < -0.4 is 0 Å². The molecule has 1 aliphatic heterocycles. The van der Waals surface area contributed by atoms with Crippen molar-refractivity contribution in [2.45, 2.75) is 51.8 Å². The first kappa shape index (κ1) is 21.4. The number of esters is 3. The molecule has 0 amide bonds. The third-order valence-corrected chi connectivity index (χ3v) is 3.74. The molecule has 1 heterocycles. The highest BCUT2D eigenvalue weighted by Gasteiger charge is 2.46. The second kappa shape index (κ2) is 10.4. The van der Waals surface area contributed by atoms with Crippen LogP contribution in [0.3, 0.4) is 0 Å². The van der Waals surface area contributed by atoms with E-state index in [1.807, 2.05) is 30.3 Å². The number of carbonyl (C=O) groups excluding carboxylic acids is 3. The number of ether oxygens (including phenoxy) is 4. The van der Waals surface area contributed by atoms with Gasteiger partial charge in [-0.05, 0) is 5.56 Å². The lowest BCUT2D eigenvalue weighted by molar-refractivity contribution is -0.215. The molecule has 0 saturated carbocycles. The lowest BCUT2D eigenvalue weighted by Gasteiger charge is -2.39. The molecule has 0 unspecified atom stereocenters. The summed E-state index contributed by atoms with van der Waals surface area (Å²) in [7, 11) is 0. The summed E-state index contributed by atoms with van der Waals surface area (Å²) in [5, 5.41) is 3.86. The number of benzene rings is 1. The number of carbonyl (C=O) groups is 3. The summed E-state index contributed by atoms with van der Waals surface area (Å²) in [5.74, 6) is -1.80. The van der Waals surface area contributed by atoms with E-state index >= 15 is 0 Å². The van der Waals surface area contributed by atoms with Crippen LogP contribution in [0.2, 0.25) is 0 Å². The first-order valence-electron chi connectivity index (χ1n) is 8.69. The van der Waals surface area contributed by atoms with Gasteiger partial charge in [0, 0.05) is 20.8 Å². The minimum atomic E-state index is -1.05. The zero-order chi connectivity index (χ0) is 20.5. The molecule has 9 nitrogen and oxygen atoms in total. The summed E-state index contributed by atoms with van der Waals surface area (Å²) in [5.41, 5.74) is 0.925. The zero-order valence-corrected chi connectivity index (χ0v) is 15.9. The van der Waals surface area contributed by atoms with Crippen LogP contribution in [0.5, 0.6) is 0 Å². The normalized spacial score (nSPS) is 24.4. The van der Waals surface area contributed by atoms with E-state index in [9.17, 15) is 14.4 Å². The van der Waals surface area contributed by atoms with E-state index in [1.54, 1.807) is 0 Å². The third kappa shape index (κ3) is 6.66. The summed E-state index contributed by atoms with van der Waals surface area (Å²) >= 11 is 0. The third-order valence-electron chi connectivity index (χ3n) is 3.74. The molecule has 9 heteroatoms. The molecule has 1 aliphatic rings. The lowest BCUT2D eigenvalue weighted by atomic mass is 10.00. The molecule has 1 fully saturated rings. The monoisotopic (exact) mass is 393 g/mol. The van der Waals surface area contributed by atoms with E-state index in [2.05, 4.69) is 5.16 Å². The van der Waals surface area contributed by atoms with Crippen molar-refractivity contribution in [1.82, 2.24) is 0 Å². The maximum atomic E-state index is 11.5. The van der Waals surface area contributed by atoms with Gasteiger partial charge in [-0.3, -0.25) is 14.4 Å². The maximum absolute atomic E-state index is 11.5. The fraction of sp³-hybridized carbons (Fsp3) is 0.474. The summed E-state index contributed by atoms with van der Waals surface area (Å²) in [6.07, 6.45) is -2.54. The largest absolute Gasteiger partial charge is 0.456 e. The molecular weight excluding hydrogens is 370 g/mol. The van der Waals surface area contributed by atoms with Gasteiger partial charge in [-0.2, -0.15) is 0 Å². The van der Waals surface area contributed by atoms with E-state index in [0.29, 0.717) is 0 Å². The zero-order valence-electron chi connectivity index (χ0n) is 15.9. The SMILES string of the molecule is CC(=O)O[C@H]1[C@H](OC(C)=O)[C@H](OC(C)=O)CO[C@@H]1/C=N/OCc1ccccc1. The van der Waals surface area contributed by atoms with Gasteiger partial charge in [-0.15, -0.1) is 0 Å². The molecule has 28 heavy (non-hydrogen) atoms.